The summed E-state index contributed by atoms with van der Waals surface area (Å²) in [4.78, 5) is 11.1. The molecular formula is C10H20O4S. The fourth-order valence-electron chi connectivity index (χ4n) is 1.55. The molecule has 1 unspecified atom stereocenters. The number of sulfone groups is 1. The maximum Gasteiger partial charge on any atom is 0.309 e. The predicted octanol–water partition coefficient (Wildman–Crippen LogP) is 1.40. The molecule has 0 spiro atoms. The van der Waals surface area contributed by atoms with E-state index in [9.17, 15) is 13.2 Å². The number of esters is 1. The van der Waals surface area contributed by atoms with Gasteiger partial charge in [0.05, 0.1) is 24.0 Å². The van der Waals surface area contributed by atoms with Crippen LogP contribution in [0.4, 0.5) is 0 Å². The normalized spacial score (nSPS) is 13.9. The standard InChI is InChI=1S/C10H20O4S/c1-5-9(6-2)15(12,13)7-8(3)10(11)14-4/h8-9H,5-7H2,1-4H3. The molecule has 0 fully saturated rings. The Morgan fingerprint density at radius 1 is 1.27 bits per heavy atom. The highest BCUT2D eigenvalue weighted by Crippen LogP contribution is 2.14. The van der Waals surface area contributed by atoms with Crippen LogP contribution in [0.1, 0.15) is 33.6 Å². The summed E-state index contributed by atoms with van der Waals surface area (Å²) in [6, 6.07) is 0. The van der Waals surface area contributed by atoms with Gasteiger partial charge in [-0.2, -0.15) is 0 Å². The maximum atomic E-state index is 11.8. The average molecular weight is 236 g/mol. The molecule has 0 saturated heterocycles. The third kappa shape index (κ3) is 4.20. The Hall–Kier alpha value is -0.580. The summed E-state index contributed by atoms with van der Waals surface area (Å²) in [5.74, 6) is -1.17. The van der Waals surface area contributed by atoms with Crippen molar-refractivity contribution in [2.24, 2.45) is 5.92 Å². The van der Waals surface area contributed by atoms with E-state index in [4.69, 9.17) is 0 Å². The molecule has 0 aliphatic heterocycles. The molecule has 0 aromatic rings. The molecule has 0 aromatic carbocycles. The van der Waals surface area contributed by atoms with E-state index in [1.807, 2.05) is 13.8 Å². The first-order chi connectivity index (χ1) is 6.88. The van der Waals surface area contributed by atoms with Crippen LogP contribution in [0.3, 0.4) is 0 Å². The van der Waals surface area contributed by atoms with Gasteiger partial charge in [0.1, 0.15) is 0 Å². The lowest BCUT2D eigenvalue weighted by molar-refractivity contribution is -0.144. The summed E-state index contributed by atoms with van der Waals surface area (Å²) >= 11 is 0. The van der Waals surface area contributed by atoms with Crippen LogP contribution in [0.5, 0.6) is 0 Å². The Kier molecular flexibility index (Phi) is 5.87. The summed E-state index contributed by atoms with van der Waals surface area (Å²) in [5.41, 5.74) is 0. The molecular weight excluding hydrogens is 216 g/mol. The van der Waals surface area contributed by atoms with Gasteiger partial charge in [0.2, 0.25) is 0 Å². The molecule has 15 heavy (non-hydrogen) atoms. The highest BCUT2D eigenvalue weighted by molar-refractivity contribution is 7.92. The second-order valence-corrected chi connectivity index (χ2v) is 6.02. The Balaban J connectivity index is 4.57. The first kappa shape index (κ1) is 14.4. The third-order valence-corrected chi connectivity index (χ3v) is 5.15. The van der Waals surface area contributed by atoms with Crippen molar-refractivity contribution in [3.8, 4) is 0 Å². The van der Waals surface area contributed by atoms with Gasteiger partial charge in [-0.1, -0.05) is 20.8 Å². The lowest BCUT2D eigenvalue weighted by Crippen LogP contribution is -2.29. The quantitative estimate of drug-likeness (QED) is 0.654. The Morgan fingerprint density at radius 2 is 1.73 bits per heavy atom. The van der Waals surface area contributed by atoms with Crippen molar-refractivity contribution in [3.63, 3.8) is 0 Å². The molecule has 0 N–H and O–H groups in total. The molecule has 0 aliphatic rings. The minimum absolute atomic E-state index is 0.119. The Labute approximate surface area is 91.9 Å². The summed E-state index contributed by atoms with van der Waals surface area (Å²) in [6.45, 7) is 5.26. The molecule has 5 heteroatoms. The minimum Gasteiger partial charge on any atom is -0.469 e. The third-order valence-electron chi connectivity index (χ3n) is 2.50. The lowest BCUT2D eigenvalue weighted by Gasteiger charge is -2.16. The lowest BCUT2D eigenvalue weighted by atomic mass is 10.2. The highest BCUT2D eigenvalue weighted by atomic mass is 32.2. The average Bonchev–Trinajstić information content (AvgIpc) is 2.17. The zero-order valence-electron chi connectivity index (χ0n) is 9.82. The van der Waals surface area contributed by atoms with E-state index < -0.39 is 21.7 Å². The molecule has 0 rings (SSSR count). The van der Waals surface area contributed by atoms with Gasteiger partial charge >= 0.3 is 5.97 Å². The molecule has 0 radical (unpaired) electrons. The second-order valence-electron chi connectivity index (χ2n) is 3.69. The smallest absolute Gasteiger partial charge is 0.309 e. The van der Waals surface area contributed by atoms with Crippen LogP contribution in [0, 0.1) is 5.92 Å². The summed E-state index contributed by atoms with van der Waals surface area (Å²) in [5, 5.41) is -0.343. The predicted molar refractivity (Wildman–Crippen MR) is 59.3 cm³/mol. The highest BCUT2D eigenvalue weighted by Gasteiger charge is 2.27. The summed E-state index contributed by atoms with van der Waals surface area (Å²) in [7, 11) is -1.91. The van der Waals surface area contributed by atoms with Crippen LogP contribution < -0.4 is 0 Å². The number of hydrogen-bond acceptors (Lipinski definition) is 4. The SMILES string of the molecule is CCC(CC)S(=O)(=O)CC(C)C(=O)OC. The van der Waals surface area contributed by atoms with E-state index in [1.54, 1.807) is 6.92 Å². The fraction of sp³-hybridized carbons (Fsp3) is 0.900. The van der Waals surface area contributed by atoms with Crippen molar-refractivity contribution in [1.82, 2.24) is 0 Å². The van der Waals surface area contributed by atoms with Crippen LogP contribution in [-0.2, 0) is 19.4 Å². The molecule has 0 aromatic heterocycles. The van der Waals surface area contributed by atoms with Crippen molar-refractivity contribution in [3.05, 3.63) is 0 Å². The number of hydrogen-bond donors (Lipinski definition) is 0. The summed E-state index contributed by atoms with van der Waals surface area (Å²) < 4.78 is 28.1. The first-order valence-corrected chi connectivity index (χ1v) is 6.89. The van der Waals surface area contributed by atoms with Gasteiger partial charge in [-0.3, -0.25) is 4.79 Å². The van der Waals surface area contributed by atoms with Gasteiger partial charge in [0.15, 0.2) is 9.84 Å². The van der Waals surface area contributed by atoms with E-state index >= 15 is 0 Å². The van der Waals surface area contributed by atoms with Crippen LogP contribution >= 0.6 is 0 Å². The largest absolute Gasteiger partial charge is 0.469 e. The fourth-order valence-corrected chi connectivity index (χ4v) is 3.67. The molecule has 4 nitrogen and oxygen atoms in total. The number of methoxy groups -OCH3 is 1. The molecule has 0 aliphatic carbocycles. The molecule has 0 amide bonds. The first-order valence-electron chi connectivity index (χ1n) is 5.18. The number of ether oxygens (including phenoxy) is 1. The number of carbonyl (C=O) groups is 1. The molecule has 1 atom stereocenters. The molecule has 90 valence electrons. The summed E-state index contributed by atoms with van der Waals surface area (Å²) in [6.07, 6.45) is 1.18. The van der Waals surface area contributed by atoms with Crippen LogP contribution in [0.25, 0.3) is 0 Å². The molecule has 0 heterocycles. The Bertz CT molecular complexity index is 291. The van der Waals surface area contributed by atoms with Gasteiger partial charge in [-0.25, -0.2) is 8.42 Å². The molecule has 0 bridgehead atoms. The second kappa shape index (κ2) is 6.10. The van der Waals surface area contributed by atoms with Crippen molar-refractivity contribution in [2.75, 3.05) is 12.9 Å². The van der Waals surface area contributed by atoms with E-state index in [0.717, 1.165) is 0 Å². The number of rotatable bonds is 6. The number of carbonyl (C=O) groups excluding carboxylic acids is 1. The topological polar surface area (TPSA) is 60.4 Å². The zero-order chi connectivity index (χ0) is 12.1. The van der Waals surface area contributed by atoms with Gasteiger partial charge in [-0.05, 0) is 12.8 Å². The van der Waals surface area contributed by atoms with Crippen molar-refractivity contribution in [2.45, 2.75) is 38.9 Å². The van der Waals surface area contributed by atoms with Crippen LogP contribution in [-0.4, -0.2) is 32.5 Å². The van der Waals surface area contributed by atoms with E-state index in [1.165, 1.54) is 7.11 Å². The van der Waals surface area contributed by atoms with Crippen molar-refractivity contribution >= 4 is 15.8 Å². The van der Waals surface area contributed by atoms with Gasteiger partial charge in [0.25, 0.3) is 0 Å². The minimum atomic E-state index is -3.18. The van der Waals surface area contributed by atoms with E-state index in [0.29, 0.717) is 12.8 Å². The molecule has 0 saturated carbocycles. The van der Waals surface area contributed by atoms with E-state index in [2.05, 4.69) is 4.74 Å². The van der Waals surface area contributed by atoms with Gasteiger partial charge in [0, 0.05) is 0 Å². The monoisotopic (exact) mass is 236 g/mol. The van der Waals surface area contributed by atoms with Crippen LogP contribution in [0.2, 0.25) is 0 Å². The van der Waals surface area contributed by atoms with Gasteiger partial charge < -0.3 is 4.74 Å². The van der Waals surface area contributed by atoms with Crippen molar-refractivity contribution < 1.29 is 17.9 Å². The Morgan fingerprint density at radius 3 is 2.07 bits per heavy atom. The van der Waals surface area contributed by atoms with Gasteiger partial charge in [-0.15, -0.1) is 0 Å². The maximum absolute atomic E-state index is 11.8. The van der Waals surface area contributed by atoms with Crippen LogP contribution in [0.15, 0.2) is 0 Å². The van der Waals surface area contributed by atoms with E-state index in [-0.39, 0.29) is 11.0 Å². The zero-order valence-corrected chi connectivity index (χ0v) is 10.6. The van der Waals surface area contributed by atoms with Crippen molar-refractivity contribution in [1.29, 1.82) is 0 Å².